The average molecular weight is 231 g/mol. The predicted octanol–water partition coefficient (Wildman–Crippen LogP) is 2.77. The molecule has 3 nitrogen and oxygen atoms in total. The Morgan fingerprint density at radius 1 is 1.41 bits per heavy atom. The highest BCUT2D eigenvalue weighted by molar-refractivity contribution is 5.92. The number of aliphatic imine (C=N–C) groups is 1. The van der Waals surface area contributed by atoms with Crippen molar-refractivity contribution in [2.24, 2.45) is 10.4 Å². The minimum absolute atomic E-state index is 0.129. The first-order valence-electron chi connectivity index (χ1n) is 5.74. The molecule has 2 rings (SSSR count). The van der Waals surface area contributed by atoms with E-state index >= 15 is 0 Å². The second-order valence-corrected chi connectivity index (χ2v) is 4.76. The van der Waals surface area contributed by atoms with Crippen LogP contribution in [0.5, 0.6) is 0 Å². The van der Waals surface area contributed by atoms with Crippen LogP contribution in [0.2, 0.25) is 0 Å². The van der Waals surface area contributed by atoms with Crippen LogP contribution >= 0.6 is 0 Å². The van der Waals surface area contributed by atoms with Gasteiger partial charge in [0.25, 0.3) is 0 Å². The van der Waals surface area contributed by atoms with E-state index in [1.165, 1.54) is 7.11 Å². The molecule has 1 aromatic rings. The Morgan fingerprint density at radius 2 is 2.06 bits per heavy atom. The molecule has 0 radical (unpaired) electrons. The van der Waals surface area contributed by atoms with E-state index < -0.39 is 5.41 Å². The summed E-state index contributed by atoms with van der Waals surface area (Å²) in [5, 5.41) is 0. The van der Waals surface area contributed by atoms with Gasteiger partial charge in [0, 0.05) is 12.1 Å². The number of methoxy groups -OCH3 is 1. The van der Waals surface area contributed by atoms with E-state index in [0.29, 0.717) is 6.42 Å². The van der Waals surface area contributed by atoms with E-state index in [9.17, 15) is 4.79 Å². The van der Waals surface area contributed by atoms with Crippen LogP contribution in [0, 0.1) is 5.41 Å². The number of ether oxygens (including phenoxy) is 1. The highest BCUT2D eigenvalue weighted by Crippen LogP contribution is 2.45. The van der Waals surface area contributed by atoms with E-state index in [-0.39, 0.29) is 12.0 Å². The summed E-state index contributed by atoms with van der Waals surface area (Å²) in [6.07, 6.45) is 0.666. The summed E-state index contributed by atoms with van der Waals surface area (Å²) in [5.41, 5.74) is 1.50. The fourth-order valence-electron chi connectivity index (χ4n) is 2.53. The number of carbonyl (C=O) groups excluding carboxylic acids is 1. The molecule has 2 atom stereocenters. The fraction of sp³-hybridized carbons (Fsp3) is 0.429. The topological polar surface area (TPSA) is 38.7 Å². The third kappa shape index (κ3) is 1.97. The summed E-state index contributed by atoms with van der Waals surface area (Å²) >= 11 is 0. The third-order valence-corrected chi connectivity index (χ3v) is 3.34. The molecule has 1 aromatic carbocycles. The van der Waals surface area contributed by atoms with Gasteiger partial charge in [0.05, 0.1) is 18.6 Å². The second kappa shape index (κ2) is 4.32. The monoisotopic (exact) mass is 231 g/mol. The standard InChI is InChI=1S/C14H17NO2/c1-10-9-14(2,13(16)17-3)12(15-10)11-7-5-4-6-8-11/h4-8,12H,9H2,1-3H3/t12-,14-/m1/s1. The van der Waals surface area contributed by atoms with Gasteiger partial charge in [0.2, 0.25) is 0 Å². The Kier molecular flexibility index (Phi) is 3.01. The molecule has 0 saturated carbocycles. The predicted molar refractivity (Wildman–Crippen MR) is 67.0 cm³/mol. The van der Waals surface area contributed by atoms with Gasteiger partial charge in [0.15, 0.2) is 0 Å². The number of carbonyl (C=O) groups is 1. The molecule has 3 heteroatoms. The summed E-state index contributed by atoms with van der Waals surface area (Å²) in [5.74, 6) is -0.188. The van der Waals surface area contributed by atoms with Crippen molar-refractivity contribution in [3.8, 4) is 0 Å². The van der Waals surface area contributed by atoms with Crippen LogP contribution in [0.25, 0.3) is 0 Å². The van der Waals surface area contributed by atoms with Gasteiger partial charge in [-0.25, -0.2) is 0 Å². The molecule has 1 heterocycles. The van der Waals surface area contributed by atoms with Crippen molar-refractivity contribution in [1.82, 2.24) is 0 Å². The van der Waals surface area contributed by atoms with Gasteiger partial charge in [-0.3, -0.25) is 9.79 Å². The lowest BCUT2D eigenvalue weighted by molar-refractivity contribution is -0.152. The Bertz CT molecular complexity index is 453. The summed E-state index contributed by atoms with van der Waals surface area (Å²) in [6.45, 7) is 3.89. The van der Waals surface area contributed by atoms with Crippen LogP contribution in [-0.4, -0.2) is 18.8 Å². The van der Waals surface area contributed by atoms with Crippen LogP contribution in [0.3, 0.4) is 0 Å². The van der Waals surface area contributed by atoms with Crippen molar-refractivity contribution < 1.29 is 9.53 Å². The first-order chi connectivity index (χ1) is 8.08. The molecule has 0 N–H and O–H groups in total. The SMILES string of the molecule is COC(=O)[C@]1(C)CC(C)=N[C@@H]1c1ccccc1. The van der Waals surface area contributed by atoms with Gasteiger partial charge < -0.3 is 4.74 Å². The molecule has 90 valence electrons. The van der Waals surface area contributed by atoms with Crippen molar-refractivity contribution in [3.05, 3.63) is 35.9 Å². The quantitative estimate of drug-likeness (QED) is 0.734. The normalized spacial score (nSPS) is 27.7. The number of hydrogen-bond acceptors (Lipinski definition) is 3. The van der Waals surface area contributed by atoms with Crippen molar-refractivity contribution in [3.63, 3.8) is 0 Å². The number of benzene rings is 1. The zero-order valence-corrected chi connectivity index (χ0v) is 10.4. The lowest BCUT2D eigenvalue weighted by Gasteiger charge is -2.27. The number of nitrogens with zero attached hydrogens (tertiary/aromatic N) is 1. The van der Waals surface area contributed by atoms with E-state index in [2.05, 4.69) is 4.99 Å². The molecule has 0 unspecified atom stereocenters. The molecule has 0 aliphatic carbocycles. The minimum Gasteiger partial charge on any atom is -0.469 e. The molecule has 0 amide bonds. The number of hydrogen-bond donors (Lipinski definition) is 0. The Morgan fingerprint density at radius 3 is 2.65 bits per heavy atom. The molecule has 17 heavy (non-hydrogen) atoms. The molecule has 1 aliphatic heterocycles. The molecule has 0 bridgehead atoms. The maximum Gasteiger partial charge on any atom is 0.314 e. The molecular formula is C14H17NO2. The summed E-state index contributed by atoms with van der Waals surface area (Å²) < 4.78 is 4.92. The van der Waals surface area contributed by atoms with Crippen LogP contribution in [0.1, 0.15) is 31.9 Å². The fourth-order valence-corrected chi connectivity index (χ4v) is 2.53. The Labute approximate surface area is 102 Å². The number of rotatable bonds is 2. The van der Waals surface area contributed by atoms with E-state index in [1.807, 2.05) is 44.2 Å². The van der Waals surface area contributed by atoms with Gasteiger partial charge in [0.1, 0.15) is 0 Å². The van der Waals surface area contributed by atoms with Gasteiger partial charge in [-0.2, -0.15) is 0 Å². The molecule has 0 fully saturated rings. The molecular weight excluding hydrogens is 214 g/mol. The van der Waals surface area contributed by atoms with Gasteiger partial charge in [-0.05, 0) is 19.4 Å². The largest absolute Gasteiger partial charge is 0.469 e. The van der Waals surface area contributed by atoms with E-state index in [1.54, 1.807) is 0 Å². The lowest BCUT2D eigenvalue weighted by atomic mass is 9.78. The van der Waals surface area contributed by atoms with Crippen molar-refractivity contribution in [2.75, 3.05) is 7.11 Å². The highest BCUT2D eigenvalue weighted by Gasteiger charge is 2.47. The highest BCUT2D eigenvalue weighted by atomic mass is 16.5. The molecule has 0 spiro atoms. The van der Waals surface area contributed by atoms with Crippen LogP contribution in [-0.2, 0) is 9.53 Å². The maximum atomic E-state index is 12.0. The van der Waals surface area contributed by atoms with Gasteiger partial charge in [-0.1, -0.05) is 30.3 Å². The number of esters is 1. The summed E-state index contributed by atoms with van der Waals surface area (Å²) in [4.78, 5) is 16.6. The smallest absolute Gasteiger partial charge is 0.314 e. The van der Waals surface area contributed by atoms with E-state index in [4.69, 9.17) is 4.74 Å². The van der Waals surface area contributed by atoms with Crippen molar-refractivity contribution in [2.45, 2.75) is 26.3 Å². The van der Waals surface area contributed by atoms with Gasteiger partial charge >= 0.3 is 5.97 Å². The van der Waals surface area contributed by atoms with E-state index in [0.717, 1.165) is 11.3 Å². The first-order valence-corrected chi connectivity index (χ1v) is 5.74. The van der Waals surface area contributed by atoms with Crippen LogP contribution < -0.4 is 0 Å². The Hall–Kier alpha value is -1.64. The third-order valence-electron chi connectivity index (χ3n) is 3.34. The summed E-state index contributed by atoms with van der Waals surface area (Å²) in [7, 11) is 1.43. The molecule has 1 aliphatic rings. The zero-order chi connectivity index (χ0) is 12.5. The zero-order valence-electron chi connectivity index (χ0n) is 10.4. The molecule has 0 aromatic heterocycles. The lowest BCUT2D eigenvalue weighted by Crippen LogP contribution is -2.32. The average Bonchev–Trinajstić information content (AvgIpc) is 2.66. The van der Waals surface area contributed by atoms with Crippen molar-refractivity contribution >= 4 is 11.7 Å². The van der Waals surface area contributed by atoms with Crippen LogP contribution in [0.15, 0.2) is 35.3 Å². The second-order valence-electron chi connectivity index (χ2n) is 4.76. The van der Waals surface area contributed by atoms with Gasteiger partial charge in [-0.15, -0.1) is 0 Å². The Balaban J connectivity index is 2.40. The molecule has 0 saturated heterocycles. The first kappa shape index (κ1) is 11.8. The summed E-state index contributed by atoms with van der Waals surface area (Å²) in [6, 6.07) is 9.79. The maximum absolute atomic E-state index is 12.0. The van der Waals surface area contributed by atoms with Crippen LogP contribution in [0.4, 0.5) is 0 Å². The minimum atomic E-state index is -0.569. The van der Waals surface area contributed by atoms with Crippen molar-refractivity contribution in [1.29, 1.82) is 0 Å².